The van der Waals surface area contributed by atoms with E-state index >= 15 is 0 Å². The number of nitrogens with zero attached hydrogens (tertiary/aromatic N) is 2. The van der Waals surface area contributed by atoms with Gasteiger partial charge < -0.3 is 10.7 Å². The minimum Gasteiger partial charge on any atom is -0.351 e. The molecule has 0 fully saturated rings. The van der Waals surface area contributed by atoms with Crippen molar-refractivity contribution in [2.24, 2.45) is 5.73 Å². The van der Waals surface area contributed by atoms with Crippen LogP contribution in [0.2, 0.25) is 0 Å². The average molecular weight is 414 g/mol. The molecule has 0 aliphatic heterocycles. The summed E-state index contributed by atoms with van der Waals surface area (Å²) in [6, 6.07) is 6.43. The summed E-state index contributed by atoms with van der Waals surface area (Å²) in [4.78, 5) is 18.6. The van der Waals surface area contributed by atoms with Crippen molar-refractivity contribution in [2.45, 2.75) is 48.9 Å². The highest BCUT2D eigenvalue weighted by atomic mass is 35.5. The van der Waals surface area contributed by atoms with Gasteiger partial charge in [-0.3, -0.25) is 5.43 Å². The molecule has 0 saturated carbocycles. The molecule has 10 heteroatoms. The van der Waals surface area contributed by atoms with Crippen molar-refractivity contribution in [3.05, 3.63) is 48.5 Å². The number of urea groups is 1. The zero-order valence-electron chi connectivity index (χ0n) is 15.0. The van der Waals surface area contributed by atoms with Gasteiger partial charge >= 0.3 is 6.03 Å². The quantitative estimate of drug-likeness (QED) is 0.409. The molecule has 8 nitrogen and oxygen atoms in total. The largest absolute Gasteiger partial charge is 0.351 e. The second-order valence-electron chi connectivity index (χ2n) is 6.20. The van der Waals surface area contributed by atoms with Crippen LogP contribution >= 0.6 is 11.6 Å². The standard InChI is InChI=1S/C17H24ClN5O3S/c1-13(18)7-9-15(10-8-14-11-20-12-21-14)23(22-17(19)24)27(25,26)16-5-3-2-4-6-16/h2-6,11-13,15H,7-10H2,1H3,(H,20,21)(H3,19,22,24). The zero-order chi connectivity index (χ0) is 19.9. The minimum atomic E-state index is -3.98. The third-order valence-corrected chi connectivity index (χ3v) is 6.03. The van der Waals surface area contributed by atoms with Crippen molar-refractivity contribution in [2.75, 3.05) is 0 Å². The summed E-state index contributed by atoms with van der Waals surface area (Å²) in [6.07, 6.45) is 5.33. The molecule has 0 aliphatic carbocycles. The van der Waals surface area contributed by atoms with E-state index < -0.39 is 22.1 Å². The maximum atomic E-state index is 13.1. The number of hydrogen-bond acceptors (Lipinski definition) is 4. The number of nitrogens with one attached hydrogen (secondary N) is 2. The summed E-state index contributed by atoms with van der Waals surface area (Å²) >= 11 is 6.07. The van der Waals surface area contributed by atoms with Gasteiger partial charge in [-0.25, -0.2) is 18.2 Å². The minimum absolute atomic E-state index is 0.0717. The Balaban J connectivity index is 2.31. The molecule has 1 aromatic carbocycles. The summed E-state index contributed by atoms with van der Waals surface area (Å²) in [5, 5.41) is -0.132. The molecule has 148 valence electrons. The number of sulfonamides is 1. The van der Waals surface area contributed by atoms with Crippen LogP contribution in [0.4, 0.5) is 4.79 Å². The summed E-state index contributed by atoms with van der Waals surface area (Å²) in [7, 11) is -3.98. The highest BCUT2D eigenvalue weighted by Gasteiger charge is 2.32. The van der Waals surface area contributed by atoms with E-state index in [2.05, 4.69) is 15.4 Å². The average Bonchev–Trinajstić information content (AvgIpc) is 3.14. The lowest BCUT2D eigenvalue weighted by atomic mass is 10.0. The number of aromatic amines is 1. The van der Waals surface area contributed by atoms with E-state index in [1.165, 1.54) is 12.1 Å². The molecule has 2 atom stereocenters. The number of aryl methyl sites for hydroxylation is 1. The van der Waals surface area contributed by atoms with E-state index in [-0.39, 0.29) is 10.3 Å². The van der Waals surface area contributed by atoms with Crippen LogP contribution in [0.15, 0.2) is 47.8 Å². The number of alkyl halides is 1. The van der Waals surface area contributed by atoms with Gasteiger partial charge in [0.05, 0.1) is 16.9 Å². The van der Waals surface area contributed by atoms with Crippen LogP contribution in [-0.2, 0) is 16.4 Å². The van der Waals surface area contributed by atoms with Crippen LogP contribution in [0.1, 0.15) is 31.9 Å². The highest BCUT2D eigenvalue weighted by Crippen LogP contribution is 2.23. The molecule has 0 aliphatic rings. The maximum Gasteiger partial charge on any atom is 0.327 e. The zero-order valence-corrected chi connectivity index (χ0v) is 16.6. The van der Waals surface area contributed by atoms with Gasteiger partial charge in [0, 0.05) is 17.6 Å². The second kappa shape index (κ2) is 9.72. The van der Waals surface area contributed by atoms with Crippen LogP contribution in [-0.4, -0.2) is 40.3 Å². The number of rotatable bonds is 10. The SMILES string of the molecule is CC(Cl)CCC(CCc1c[nH]cn1)N(NC(N)=O)S(=O)(=O)c1ccccc1. The Bertz CT molecular complexity index is 812. The molecule has 2 rings (SSSR count). The number of imidazole rings is 1. The second-order valence-corrected chi connectivity index (χ2v) is 8.76. The van der Waals surface area contributed by atoms with Crippen LogP contribution in [0.3, 0.4) is 0 Å². The Hall–Kier alpha value is -2.10. The summed E-state index contributed by atoms with van der Waals surface area (Å²) in [5.41, 5.74) is 8.34. The molecule has 0 saturated heterocycles. The lowest BCUT2D eigenvalue weighted by molar-refractivity contribution is 0.199. The molecular formula is C17H24ClN5O3S. The maximum absolute atomic E-state index is 13.1. The third-order valence-electron chi connectivity index (χ3n) is 4.04. The van der Waals surface area contributed by atoms with Gasteiger partial charge in [0.2, 0.25) is 0 Å². The molecule has 2 unspecified atom stereocenters. The molecule has 1 heterocycles. The Morgan fingerprint density at radius 1 is 1.30 bits per heavy atom. The Kier molecular flexibility index (Phi) is 7.64. The number of carbonyl (C=O) groups is 1. The number of hydrazine groups is 1. The first kappa shape index (κ1) is 21.2. The Morgan fingerprint density at radius 2 is 2.00 bits per heavy atom. The normalized spacial score (nSPS) is 14.0. The van der Waals surface area contributed by atoms with Gasteiger partial charge in [-0.1, -0.05) is 18.2 Å². The smallest absolute Gasteiger partial charge is 0.327 e. The van der Waals surface area contributed by atoms with Gasteiger partial charge in [0.25, 0.3) is 10.0 Å². The van der Waals surface area contributed by atoms with Crippen molar-refractivity contribution < 1.29 is 13.2 Å². The lowest BCUT2D eigenvalue weighted by Gasteiger charge is -2.30. The van der Waals surface area contributed by atoms with Crippen LogP contribution in [0.25, 0.3) is 0 Å². The first-order chi connectivity index (χ1) is 12.8. The van der Waals surface area contributed by atoms with Crippen LogP contribution < -0.4 is 11.2 Å². The molecule has 0 radical (unpaired) electrons. The topological polar surface area (TPSA) is 121 Å². The van der Waals surface area contributed by atoms with E-state index in [9.17, 15) is 13.2 Å². The summed E-state index contributed by atoms with van der Waals surface area (Å²) in [6.45, 7) is 1.84. The number of primary amides is 1. The van der Waals surface area contributed by atoms with E-state index in [0.717, 1.165) is 10.1 Å². The van der Waals surface area contributed by atoms with Crippen LogP contribution in [0.5, 0.6) is 0 Å². The van der Waals surface area contributed by atoms with E-state index in [1.54, 1.807) is 30.7 Å². The summed E-state index contributed by atoms with van der Waals surface area (Å²) in [5.74, 6) is 0. The predicted octanol–water partition coefficient (Wildman–Crippen LogP) is 2.39. The number of halogens is 1. The molecule has 1 aromatic heterocycles. The summed E-state index contributed by atoms with van der Waals surface area (Å²) < 4.78 is 27.2. The monoisotopic (exact) mass is 413 g/mol. The van der Waals surface area contributed by atoms with Gasteiger partial charge in [-0.05, 0) is 44.7 Å². The molecular weight excluding hydrogens is 390 g/mol. The molecule has 2 amide bonds. The number of nitrogens with two attached hydrogens (primary N) is 1. The van der Waals surface area contributed by atoms with E-state index in [0.29, 0.717) is 25.7 Å². The fraction of sp³-hybridized carbons (Fsp3) is 0.412. The van der Waals surface area contributed by atoms with E-state index in [1.807, 2.05) is 6.92 Å². The Morgan fingerprint density at radius 3 is 2.56 bits per heavy atom. The van der Waals surface area contributed by atoms with Crippen molar-refractivity contribution in [3.63, 3.8) is 0 Å². The number of benzene rings is 1. The molecule has 0 spiro atoms. The number of amides is 2. The third kappa shape index (κ3) is 6.23. The number of aromatic nitrogens is 2. The molecule has 2 aromatic rings. The van der Waals surface area contributed by atoms with Crippen molar-refractivity contribution in [1.29, 1.82) is 0 Å². The van der Waals surface area contributed by atoms with Gasteiger partial charge in [0.15, 0.2) is 0 Å². The fourth-order valence-corrected chi connectivity index (χ4v) is 4.37. The van der Waals surface area contributed by atoms with Crippen LogP contribution in [0, 0.1) is 0 Å². The Labute approximate surface area is 164 Å². The van der Waals surface area contributed by atoms with Gasteiger partial charge in [-0.2, -0.15) is 0 Å². The molecule has 0 bridgehead atoms. The first-order valence-electron chi connectivity index (χ1n) is 8.58. The number of carbonyl (C=O) groups excluding carboxylic acids is 1. The lowest BCUT2D eigenvalue weighted by Crippen LogP contribution is -2.53. The number of hydrogen-bond donors (Lipinski definition) is 3. The first-order valence-corrected chi connectivity index (χ1v) is 10.5. The van der Waals surface area contributed by atoms with Crippen molar-refractivity contribution in [1.82, 2.24) is 19.8 Å². The fourth-order valence-electron chi connectivity index (χ4n) is 2.71. The number of H-pyrrole nitrogens is 1. The molecule has 4 N–H and O–H groups in total. The highest BCUT2D eigenvalue weighted by molar-refractivity contribution is 7.89. The van der Waals surface area contributed by atoms with Crippen molar-refractivity contribution in [3.8, 4) is 0 Å². The van der Waals surface area contributed by atoms with Gasteiger partial charge in [0.1, 0.15) is 0 Å². The predicted molar refractivity (Wildman–Crippen MR) is 103 cm³/mol. The van der Waals surface area contributed by atoms with Gasteiger partial charge in [-0.15, -0.1) is 16.0 Å². The van der Waals surface area contributed by atoms with E-state index in [4.69, 9.17) is 17.3 Å². The molecule has 27 heavy (non-hydrogen) atoms. The van der Waals surface area contributed by atoms with Crippen molar-refractivity contribution >= 4 is 27.7 Å².